The number of rotatable bonds is 6. The summed E-state index contributed by atoms with van der Waals surface area (Å²) in [6.07, 6.45) is 0.265. The molecule has 0 aromatic heterocycles. The molecule has 3 aromatic carbocycles. The number of esters is 1. The molecule has 0 saturated carbocycles. The molecular weight excluding hydrogens is 496 g/mol. The van der Waals surface area contributed by atoms with Crippen molar-refractivity contribution in [3.8, 4) is 0 Å². The number of anilines is 2. The third-order valence-electron chi connectivity index (χ3n) is 7.23. The van der Waals surface area contributed by atoms with Crippen LogP contribution in [0.3, 0.4) is 0 Å². The third kappa shape index (κ3) is 5.18. The molecule has 2 unspecified atom stereocenters. The summed E-state index contributed by atoms with van der Waals surface area (Å²) in [6, 6.07) is 23.0. The van der Waals surface area contributed by atoms with Gasteiger partial charge in [0.25, 0.3) is 0 Å². The zero-order valence-corrected chi connectivity index (χ0v) is 21.4. The smallest absolute Gasteiger partial charge is 0.337 e. The number of nitrogens with zero attached hydrogens (tertiary/aromatic N) is 1. The number of hydrogen-bond acceptors (Lipinski definition) is 6. The van der Waals surface area contributed by atoms with Gasteiger partial charge in [-0.3, -0.25) is 19.3 Å². The zero-order chi connectivity index (χ0) is 27.5. The summed E-state index contributed by atoms with van der Waals surface area (Å²) < 4.78 is 4.83. The van der Waals surface area contributed by atoms with Gasteiger partial charge in [0.05, 0.1) is 36.5 Å². The Morgan fingerprint density at radius 1 is 0.897 bits per heavy atom. The van der Waals surface area contributed by atoms with Gasteiger partial charge in [0.2, 0.25) is 5.91 Å². The van der Waals surface area contributed by atoms with Gasteiger partial charge in [-0.05, 0) is 47.7 Å². The van der Waals surface area contributed by atoms with Crippen LogP contribution in [0.2, 0.25) is 0 Å². The van der Waals surface area contributed by atoms with E-state index in [2.05, 4.69) is 5.32 Å². The molecule has 8 nitrogen and oxygen atoms in total. The molecule has 0 radical (unpaired) electrons. The normalized spacial score (nSPS) is 18.4. The standard InChI is InChI=1S/C31H28N2O6/c1-39-31(38)21-13-11-20(12-14-21)30-29-24(17-22(18-26(29)34)19-7-3-2-4-8-19)32-23-9-5-6-10-25(23)33(30)27(35)15-16-28(36)37/h2-14,22,30,32H,15-18H2,1H3,(H,36,37). The molecule has 0 fully saturated rings. The number of carboxylic acid groups (broad SMARTS) is 1. The largest absolute Gasteiger partial charge is 0.481 e. The lowest BCUT2D eigenvalue weighted by Crippen LogP contribution is -2.38. The molecule has 198 valence electrons. The molecule has 0 saturated heterocycles. The minimum Gasteiger partial charge on any atom is -0.481 e. The molecule has 1 amide bonds. The van der Waals surface area contributed by atoms with E-state index < -0.39 is 23.9 Å². The number of benzene rings is 3. The number of allylic oxidation sites excluding steroid dienone is 1. The summed E-state index contributed by atoms with van der Waals surface area (Å²) in [4.78, 5) is 52.6. The Morgan fingerprint density at radius 3 is 2.28 bits per heavy atom. The van der Waals surface area contributed by atoms with E-state index in [1.807, 2.05) is 42.5 Å². The Kier molecular flexibility index (Phi) is 7.27. The van der Waals surface area contributed by atoms with E-state index in [-0.39, 0.29) is 31.0 Å². The first kappa shape index (κ1) is 25.9. The van der Waals surface area contributed by atoms with Crippen molar-refractivity contribution in [2.75, 3.05) is 17.3 Å². The highest BCUT2D eigenvalue weighted by Crippen LogP contribution is 2.47. The lowest BCUT2D eigenvalue weighted by atomic mass is 9.78. The number of carboxylic acids is 1. The fraction of sp³-hybridized carbons (Fsp3) is 0.226. The van der Waals surface area contributed by atoms with Crippen LogP contribution in [0.4, 0.5) is 11.4 Å². The molecule has 3 aromatic rings. The number of Topliss-reactive ketones (excluding diaryl/α,β-unsaturated/α-hetero) is 1. The van der Waals surface area contributed by atoms with E-state index in [0.29, 0.717) is 34.5 Å². The molecule has 39 heavy (non-hydrogen) atoms. The van der Waals surface area contributed by atoms with E-state index in [1.165, 1.54) is 12.0 Å². The highest BCUT2D eigenvalue weighted by atomic mass is 16.5. The van der Waals surface area contributed by atoms with Crippen LogP contribution in [0, 0.1) is 0 Å². The Bertz CT molecular complexity index is 1460. The van der Waals surface area contributed by atoms with Crippen LogP contribution in [0.25, 0.3) is 0 Å². The van der Waals surface area contributed by atoms with Crippen LogP contribution in [0.15, 0.2) is 90.1 Å². The fourth-order valence-corrected chi connectivity index (χ4v) is 5.40. The second-order valence-electron chi connectivity index (χ2n) is 9.65. The fourth-order valence-electron chi connectivity index (χ4n) is 5.40. The van der Waals surface area contributed by atoms with Crippen LogP contribution < -0.4 is 10.2 Å². The van der Waals surface area contributed by atoms with Crippen molar-refractivity contribution < 1.29 is 29.0 Å². The highest BCUT2D eigenvalue weighted by Gasteiger charge is 2.41. The third-order valence-corrected chi connectivity index (χ3v) is 7.23. The molecule has 8 heteroatoms. The predicted octanol–water partition coefficient (Wildman–Crippen LogP) is 5.24. The highest BCUT2D eigenvalue weighted by molar-refractivity contribution is 6.06. The first-order chi connectivity index (χ1) is 18.9. The number of nitrogens with one attached hydrogen (secondary N) is 1. The number of hydrogen-bond donors (Lipinski definition) is 2. The molecule has 1 aliphatic heterocycles. The molecule has 2 atom stereocenters. The first-order valence-electron chi connectivity index (χ1n) is 12.8. The van der Waals surface area contributed by atoms with Gasteiger partial charge < -0.3 is 15.2 Å². The lowest BCUT2D eigenvalue weighted by Gasteiger charge is -2.35. The summed E-state index contributed by atoms with van der Waals surface area (Å²) in [6.45, 7) is 0. The Hall–Kier alpha value is -4.72. The van der Waals surface area contributed by atoms with Crippen molar-refractivity contribution in [1.29, 1.82) is 0 Å². The molecule has 1 heterocycles. The monoisotopic (exact) mass is 524 g/mol. The number of amides is 1. The number of carbonyl (C=O) groups is 4. The van der Waals surface area contributed by atoms with Crippen molar-refractivity contribution in [2.45, 2.75) is 37.6 Å². The molecule has 0 spiro atoms. The van der Waals surface area contributed by atoms with E-state index in [0.717, 1.165) is 11.3 Å². The number of para-hydroxylation sites is 2. The summed E-state index contributed by atoms with van der Waals surface area (Å²) in [5.74, 6) is -2.12. The number of ketones is 1. The molecule has 1 aliphatic carbocycles. The van der Waals surface area contributed by atoms with Gasteiger partial charge in [0, 0.05) is 24.1 Å². The van der Waals surface area contributed by atoms with Gasteiger partial charge in [-0.1, -0.05) is 54.6 Å². The minimum absolute atomic E-state index is 0.0336. The molecule has 2 N–H and O–H groups in total. The maximum absolute atomic E-state index is 14.0. The SMILES string of the molecule is COC(=O)c1ccc(C2C3=C(CC(c4ccccc4)CC3=O)Nc3ccccc3N2C(=O)CCC(=O)O)cc1. The van der Waals surface area contributed by atoms with E-state index >= 15 is 0 Å². The minimum atomic E-state index is -1.08. The number of methoxy groups -OCH3 is 1. The van der Waals surface area contributed by atoms with Gasteiger partial charge in [0.1, 0.15) is 0 Å². The van der Waals surface area contributed by atoms with Crippen molar-refractivity contribution in [1.82, 2.24) is 0 Å². The van der Waals surface area contributed by atoms with E-state index in [1.54, 1.807) is 36.4 Å². The second-order valence-corrected chi connectivity index (χ2v) is 9.65. The summed E-state index contributed by atoms with van der Waals surface area (Å²) >= 11 is 0. The van der Waals surface area contributed by atoms with E-state index in [4.69, 9.17) is 4.74 Å². The van der Waals surface area contributed by atoms with Gasteiger partial charge in [-0.2, -0.15) is 0 Å². The summed E-state index contributed by atoms with van der Waals surface area (Å²) in [5.41, 5.74) is 4.42. The zero-order valence-electron chi connectivity index (χ0n) is 21.4. The van der Waals surface area contributed by atoms with Crippen LogP contribution in [0.1, 0.15) is 59.1 Å². The summed E-state index contributed by atoms with van der Waals surface area (Å²) in [5, 5.41) is 12.7. The number of fused-ring (bicyclic) bond motifs is 1. The lowest BCUT2D eigenvalue weighted by molar-refractivity contribution is -0.138. The second kappa shape index (κ2) is 10.9. The predicted molar refractivity (Wildman–Crippen MR) is 145 cm³/mol. The number of aliphatic carboxylic acids is 1. The van der Waals surface area contributed by atoms with Gasteiger partial charge >= 0.3 is 11.9 Å². The molecule has 2 aliphatic rings. The Labute approximate surface area is 225 Å². The van der Waals surface area contributed by atoms with E-state index in [9.17, 15) is 24.3 Å². The van der Waals surface area contributed by atoms with Crippen LogP contribution >= 0.6 is 0 Å². The maximum Gasteiger partial charge on any atom is 0.337 e. The average molecular weight is 525 g/mol. The van der Waals surface area contributed by atoms with Crippen LogP contribution in [0.5, 0.6) is 0 Å². The Balaban J connectivity index is 1.68. The first-order valence-corrected chi connectivity index (χ1v) is 12.8. The average Bonchev–Trinajstić information content (AvgIpc) is 3.10. The van der Waals surface area contributed by atoms with Gasteiger partial charge in [-0.15, -0.1) is 0 Å². The van der Waals surface area contributed by atoms with Crippen molar-refractivity contribution >= 4 is 35.0 Å². The van der Waals surface area contributed by atoms with Crippen molar-refractivity contribution in [2.24, 2.45) is 0 Å². The molecule has 5 rings (SSSR count). The Morgan fingerprint density at radius 2 is 1.59 bits per heavy atom. The number of ether oxygens (including phenoxy) is 1. The molecular formula is C31H28N2O6. The van der Waals surface area contributed by atoms with Gasteiger partial charge in [0.15, 0.2) is 5.78 Å². The van der Waals surface area contributed by atoms with Crippen molar-refractivity contribution in [3.05, 3.63) is 107 Å². The number of carbonyl (C=O) groups excluding carboxylic acids is 3. The van der Waals surface area contributed by atoms with Crippen LogP contribution in [-0.4, -0.2) is 35.8 Å². The summed E-state index contributed by atoms with van der Waals surface area (Å²) in [7, 11) is 1.30. The maximum atomic E-state index is 14.0. The quantitative estimate of drug-likeness (QED) is 0.424. The van der Waals surface area contributed by atoms with Gasteiger partial charge in [-0.25, -0.2) is 4.79 Å². The topological polar surface area (TPSA) is 113 Å². The van der Waals surface area contributed by atoms with Crippen LogP contribution in [-0.2, 0) is 19.1 Å². The molecule has 0 bridgehead atoms. The van der Waals surface area contributed by atoms with Crippen molar-refractivity contribution in [3.63, 3.8) is 0 Å².